The van der Waals surface area contributed by atoms with E-state index in [1.807, 2.05) is 18.2 Å². The number of nitro groups is 1. The van der Waals surface area contributed by atoms with Crippen molar-refractivity contribution in [3.8, 4) is 0 Å². The van der Waals surface area contributed by atoms with E-state index in [9.17, 15) is 19.7 Å². The Morgan fingerprint density at radius 2 is 1.61 bits per heavy atom. The average molecular weight is 383 g/mol. The van der Waals surface area contributed by atoms with Gasteiger partial charge < -0.3 is 9.64 Å². The first-order valence-electron chi connectivity index (χ1n) is 8.99. The van der Waals surface area contributed by atoms with E-state index < -0.39 is 17.5 Å². The van der Waals surface area contributed by atoms with Crippen molar-refractivity contribution in [3.63, 3.8) is 0 Å². The molecule has 2 aromatic rings. The summed E-state index contributed by atoms with van der Waals surface area (Å²) < 4.78 is 5.01. The molecular formula is C20H21N3O5. The normalized spacial score (nSPS) is 14.5. The van der Waals surface area contributed by atoms with Crippen molar-refractivity contribution in [3.05, 3.63) is 75.8 Å². The maximum absolute atomic E-state index is 12.3. The maximum Gasteiger partial charge on any atom is 0.345 e. The molecule has 8 nitrogen and oxygen atoms in total. The Balaban J connectivity index is 1.47. The number of nitro benzene ring substituents is 1. The number of esters is 1. The average Bonchev–Trinajstić information content (AvgIpc) is 2.73. The van der Waals surface area contributed by atoms with E-state index in [0.717, 1.165) is 19.6 Å². The van der Waals surface area contributed by atoms with Gasteiger partial charge in [-0.1, -0.05) is 42.5 Å². The summed E-state index contributed by atoms with van der Waals surface area (Å²) in [6, 6.07) is 15.6. The highest BCUT2D eigenvalue weighted by molar-refractivity contribution is 5.95. The number of nitrogens with zero attached hydrogens (tertiary/aromatic N) is 3. The van der Waals surface area contributed by atoms with Gasteiger partial charge in [-0.05, 0) is 11.6 Å². The number of rotatable bonds is 6. The first-order valence-corrected chi connectivity index (χ1v) is 8.99. The minimum absolute atomic E-state index is 0.159. The van der Waals surface area contributed by atoms with Crippen LogP contribution in [0.15, 0.2) is 54.6 Å². The van der Waals surface area contributed by atoms with E-state index in [0.29, 0.717) is 13.1 Å². The van der Waals surface area contributed by atoms with E-state index in [4.69, 9.17) is 4.74 Å². The van der Waals surface area contributed by atoms with Gasteiger partial charge in [0.25, 0.3) is 11.6 Å². The summed E-state index contributed by atoms with van der Waals surface area (Å²) in [7, 11) is 0. The molecule has 1 heterocycles. The monoisotopic (exact) mass is 383 g/mol. The van der Waals surface area contributed by atoms with Crippen LogP contribution in [0, 0.1) is 10.1 Å². The molecule has 0 radical (unpaired) electrons. The number of carbonyl (C=O) groups is 2. The summed E-state index contributed by atoms with van der Waals surface area (Å²) in [6.07, 6.45) is 0. The summed E-state index contributed by atoms with van der Waals surface area (Å²) >= 11 is 0. The van der Waals surface area contributed by atoms with Gasteiger partial charge in [0.1, 0.15) is 5.56 Å². The van der Waals surface area contributed by atoms with Gasteiger partial charge in [-0.15, -0.1) is 0 Å². The smallest absolute Gasteiger partial charge is 0.345 e. The largest absolute Gasteiger partial charge is 0.452 e. The van der Waals surface area contributed by atoms with Crippen LogP contribution in [0.5, 0.6) is 0 Å². The number of ether oxygens (including phenoxy) is 1. The quantitative estimate of drug-likeness (QED) is 0.431. The van der Waals surface area contributed by atoms with Gasteiger partial charge in [0.05, 0.1) is 4.92 Å². The van der Waals surface area contributed by atoms with Gasteiger partial charge in [-0.2, -0.15) is 0 Å². The fraction of sp³-hybridized carbons (Fsp3) is 0.300. The third kappa shape index (κ3) is 4.92. The van der Waals surface area contributed by atoms with Crippen LogP contribution < -0.4 is 0 Å². The lowest BCUT2D eigenvalue weighted by atomic mass is 10.2. The molecule has 0 unspecified atom stereocenters. The van der Waals surface area contributed by atoms with Crippen LogP contribution in [-0.4, -0.2) is 59.4 Å². The second-order valence-electron chi connectivity index (χ2n) is 6.49. The fourth-order valence-corrected chi connectivity index (χ4v) is 3.10. The Labute approximate surface area is 162 Å². The van der Waals surface area contributed by atoms with Crippen molar-refractivity contribution in [1.82, 2.24) is 9.80 Å². The van der Waals surface area contributed by atoms with Crippen molar-refractivity contribution in [1.29, 1.82) is 0 Å². The Bertz CT molecular complexity index is 848. The molecule has 1 amide bonds. The second-order valence-corrected chi connectivity index (χ2v) is 6.49. The van der Waals surface area contributed by atoms with Crippen molar-refractivity contribution in [2.75, 3.05) is 32.8 Å². The van der Waals surface area contributed by atoms with Crippen LogP contribution in [0.25, 0.3) is 0 Å². The molecule has 8 heteroatoms. The molecule has 0 bridgehead atoms. The zero-order valence-corrected chi connectivity index (χ0v) is 15.3. The van der Waals surface area contributed by atoms with Crippen LogP contribution in [0.4, 0.5) is 5.69 Å². The maximum atomic E-state index is 12.3. The highest BCUT2D eigenvalue weighted by atomic mass is 16.6. The minimum atomic E-state index is -0.872. The molecule has 1 aliphatic heterocycles. The lowest BCUT2D eigenvalue weighted by Gasteiger charge is -2.34. The standard InChI is InChI=1S/C20H21N3O5/c24-19(15-28-20(25)17-8-4-5-9-18(17)23(26)27)22-12-10-21(11-13-22)14-16-6-2-1-3-7-16/h1-9H,10-15H2. The van der Waals surface area contributed by atoms with Gasteiger partial charge in [-0.3, -0.25) is 19.8 Å². The molecule has 146 valence electrons. The van der Waals surface area contributed by atoms with Crippen LogP contribution in [0.2, 0.25) is 0 Å². The zero-order valence-electron chi connectivity index (χ0n) is 15.3. The molecule has 3 rings (SSSR count). The van der Waals surface area contributed by atoms with Crippen LogP contribution in [0.1, 0.15) is 15.9 Å². The minimum Gasteiger partial charge on any atom is -0.452 e. The van der Waals surface area contributed by atoms with Crippen molar-refractivity contribution >= 4 is 17.6 Å². The third-order valence-corrected chi connectivity index (χ3v) is 4.62. The number of para-hydroxylation sites is 1. The van der Waals surface area contributed by atoms with Gasteiger partial charge in [0.2, 0.25) is 0 Å². The van der Waals surface area contributed by atoms with Crippen molar-refractivity contribution in [2.45, 2.75) is 6.54 Å². The second kappa shape index (κ2) is 9.09. The molecule has 2 aromatic carbocycles. The summed E-state index contributed by atoms with van der Waals surface area (Å²) in [6.45, 7) is 2.97. The predicted octanol–water partition coefficient (Wildman–Crippen LogP) is 2.10. The first-order chi connectivity index (χ1) is 13.5. The molecular weight excluding hydrogens is 362 g/mol. The molecule has 0 saturated carbocycles. The summed E-state index contributed by atoms with van der Waals surface area (Å²) in [5.74, 6) is -1.17. The highest BCUT2D eigenvalue weighted by Crippen LogP contribution is 2.18. The zero-order chi connectivity index (χ0) is 19.9. The fourth-order valence-electron chi connectivity index (χ4n) is 3.10. The predicted molar refractivity (Wildman–Crippen MR) is 102 cm³/mol. The van der Waals surface area contributed by atoms with Crippen LogP contribution >= 0.6 is 0 Å². The molecule has 0 aliphatic carbocycles. The van der Waals surface area contributed by atoms with Gasteiger partial charge in [0.15, 0.2) is 6.61 Å². The van der Waals surface area contributed by atoms with Gasteiger partial charge in [0, 0.05) is 38.8 Å². The summed E-state index contributed by atoms with van der Waals surface area (Å²) in [5, 5.41) is 11.0. The number of amides is 1. The number of hydrogen-bond donors (Lipinski definition) is 0. The number of hydrogen-bond acceptors (Lipinski definition) is 6. The lowest BCUT2D eigenvalue weighted by molar-refractivity contribution is -0.385. The third-order valence-electron chi connectivity index (χ3n) is 4.62. The summed E-state index contributed by atoms with van der Waals surface area (Å²) in [5.41, 5.74) is 0.725. The lowest BCUT2D eigenvalue weighted by Crippen LogP contribution is -2.49. The molecule has 1 fully saturated rings. The van der Waals surface area contributed by atoms with Crippen molar-refractivity contribution < 1.29 is 19.2 Å². The molecule has 28 heavy (non-hydrogen) atoms. The number of benzene rings is 2. The molecule has 0 N–H and O–H groups in total. The Morgan fingerprint density at radius 1 is 0.964 bits per heavy atom. The highest BCUT2D eigenvalue weighted by Gasteiger charge is 2.24. The van der Waals surface area contributed by atoms with Crippen LogP contribution in [0.3, 0.4) is 0 Å². The van der Waals surface area contributed by atoms with Crippen LogP contribution in [-0.2, 0) is 16.1 Å². The number of piperazine rings is 1. The van der Waals surface area contributed by atoms with E-state index in [1.54, 1.807) is 4.90 Å². The molecule has 1 aliphatic rings. The summed E-state index contributed by atoms with van der Waals surface area (Å²) in [4.78, 5) is 38.7. The van der Waals surface area contributed by atoms with E-state index >= 15 is 0 Å². The Kier molecular flexibility index (Phi) is 6.33. The van der Waals surface area contributed by atoms with E-state index in [1.165, 1.54) is 29.8 Å². The molecule has 0 aromatic heterocycles. The topological polar surface area (TPSA) is 93.0 Å². The van der Waals surface area contributed by atoms with E-state index in [-0.39, 0.29) is 17.2 Å². The Morgan fingerprint density at radius 3 is 2.29 bits per heavy atom. The molecule has 0 spiro atoms. The number of carbonyl (C=O) groups excluding carboxylic acids is 2. The first kappa shape index (κ1) is 19.5. The van der Waals surface area contributed by atoms with E-state index in [2.05, 4.69) is 17.0 Å². The molecule has 1 saturated heterocycles. The van der Waals surface area contributed by atoms with Gasteiger partial charge in [-0.25, -0.2) is 4.79 Å². The SMILES string of the molecule is O=C(OCC(=O)N1CCN(Cc2ccccc2)CC1)c1ccccc1[N+](=O)[O-]. The van der Waals surface area contributed by atoms with Gasteiger partial charge >= 0.3 is 5.97 Å². The molecule has 0 atom stereocenters. The van der Waals surface area contributed by atoms with Crippen molar-refractivity contribution in [2.24, 2.45) is 0 Å². The Hall–Kier alpha value is -3.26.